The number of phenols is 1. The second-order valence-corrected chi connectivity index (χ2v) is 14.3. The van der Waals surface area contributed by atoms with Gasteiger partial charge in [-0.2, -0.15) is 5.01 Å². The van der Waals surface area contributed by atoms with Crippen molar-refractivity contribution in [3.8, 4) is 11.5 Å². The topological polar surface area (TPSA) is 116 Å². The molecular weight excluding hydrogens is 685 g/mol. The van der Waals surface area contributed by atoms with Crippen molar-refractivity contribution in [3.63, 3.8) is 0 Å². The number of imide groups is 2. The lowest BCUT2D eigenvalue weighted by molar-refractivity contribution is -0.138. The van der Waals surface area contributed by atoms with Crippen molar-refractivity contribution < 1.29 is 33.4 Å². The van der Waals surface area contributed by atoms with Crippen LogP contribution in [0.3, 0.4) is 0 Å². The van der Waals surface area contributed by atoms with Gasteiger partial charge in [0.15, 0.2) is 11.5 Å². The van der Waals surface area contributed by atoms with Crippen LogP contribution in [0.5, 0.6) is 11.5 Å². The fraction of sp³-hybridized carbons (Fsp3) is 0.268. The molecule has 4 aliphatic rings. The molecule has 9 nitrogen and oxygen atoms in total. The highest BCUT2D eigenvalue weighted by molar-refractivity contribution is 6.30. The van der Waals surface area contributed by atoms with E-state index in [4.69, 9.17) is 16.3 Å². The number of allylic oxidation sites excluding steroid dienone is 2. The number of hydrogen-bond donors (Lipinski definition) is 2. The van der Waals surface area contributed by atoms with Crippen molar-refractivity contribution in [2.24, 2.45) is 23.7 Å². The van der Waals surface area contributed by atoms with Crippen LogP contribution in [0.25, 0.3) is 0 Å². The Kier molecular flexibility index (Phi) is 8.17. The number of carbonyl (C=O) groups is 4. The lowest BCUT2D eigenvalue weighted by Crippen LogP contribution is -2.53. The summed E-state index contributed by atoms with van der Waals surface area (Å²) < 4.78 is 19.2. The molecule has 6 unspecified atom stereocenters. The van der Waals surface area contributed by atoms with E-state index in [2.05, 4.69) is 5.43 Å². The first-order valence-corrected chi connectivity index (χ1v) is 17.7. The monoisotopic (exact) mass is 719 g/mol. The lowest BCUT2D eigenvalue weighted by atomic mass is 9.49. The maximum atomic E-state index is 15.2. The highest BCUT2D eigenvalue weighted by Crippen LogP contribution is 2.64. The van der Waals surface area contributed by atoms with Gasteiger partial charge in [0.2, 0.25) is 11.8 Å². The SMILES string of the molecule is CCc1ccc(N2C(=O)C3CC=C4C(CC5C(=O)N(Nc6ccc(F)cc6)C(=O)C5(c5ccc(Cl)cc5)C4c4ccc(OC)c(O)c4)C3C2=O)cc1. The maximum absolute atomic E-state index is 15.2. The predicted molar refractivity (Wildman–Crippen MR) is 192 cm³/mol. The minimum atomic E-state index is -1.56. The van der Waals surface area contributed by atoms with Gasteiger partial charge in [-0.3, -0.25) is 29.5 Å². The summed E-state index contributed by atoms with van der Waals surface area (Å²) in [5.74, 6) is -6.02. The molecule has 8 rings (SSSR count). The van der Waals surface area contributed by atoms with Gasteiger partial charge in [-0.25, -0.2) is 4.39 Å². The van der Waals surface area contributed by atoms with Gasteiger partial charge >= 0.3 is 0 Å². The average Bonchev–Trinajstić information content (AvgIpc) is 3.53. The number of methoxy groups -OCH3 is 1. The van der Waals surface area contributed by atoms with E-state index in [0.717, 1.165) is 22.6 Å². The Hall–Kier alpha value is -5.48. The van der Waals surface area contributed by atoms with Gasteiger partial charge in [-0.1, -0.05) is 60.5 Å². The number of hydrazine groups is 1. The lowest BCUT2D eigenvalue weighted by Gasteiger charge is -2.50. The molecule has 0 radical (unpaired) electrons. The number of amides is 4. The zero-order chi connectivity index (χ0) is 36.5. The molecule has 0 spiro atoms. The fourth-order valence-corrected chi connectivity index (χ4v) is 9.18. The predicted octanol–water partition coefficient (Wildman–Crippen LogP) is 6.95. The van der Waals surface area contributed by atoms with E-state index in [1.165, 1.54) is 42.3 Å². The normalized spacial score (nSPS) is 26.5. The number of aryl methyl sites for hydroxylation is 1. The van der Waals surface area contributed by atoms with Crippen LogP contribution in [-0.2, 0) is 31.0 Å². The first-order chi connectivity index (χ1) is 25.1. The van der Waals surface area contributed by atoms with E-state index in [-0.39, 0.29) is 36.2 Å². The number of rotatable bonds is 7. The quantitative estimate of drug-likeness (QED) is 0.157. The molecule has 6 atom stereocenters. The number of aromatic hydroxyl groups is 1. The number of halogens is 2. The standard InChI is InChI=1S/C41H35ClFN3O6/c1-3-22-4-15-28(16-5-22)45-37(48)30-18-17-29-31(35(30)39(45)50)21-32-38(49)46(44-27-13-11-26(43)12-14-27)40(51)41(32,24-7-9-25(42)10-8-24)36(29)23-6-19-34(52-2)33(47)20-23/h4-17,19-20,30-32,35-36,44,47H,3,18,21H2,1-2H3. The molecule has 1 saturated carbocycles. The van der Waals surface area contributed by atoms with Gasteiger partial charge in [0.05, 0.1) is 41.7 Å². The number of hydrogen-bond acceptors (Lipinski definition) is 7. The summed E-state index contributed by atoms with van der Waals surface area (Å²) >= 11 is 6.36. The first-order valence-electron chi connectivity index (χ1n) is 17.3. The highest BCUT2D eigenvalue weighted by atomic mass is 35.5. The third kappa shape index (κ3) is 4.95. The molecule has 2 heterocycles. The van der Waals surface area contributed by atoms with Crippen LogP contribution < -0.4 is 15.1 Å². The van der Waals surface area contributed by atoms with Crippen molar-refractivity contribution in [3.05, 3.63) is 130 Å². The molecule has 4 aromatic carbocycles. The molecule has 2 saturated heterocycles. The Morgan fingerprint density at radius 1 is 0.904 bits per heavy atom. The van der Waals surface area contributed by atoms with Crippen molar-refractivity contribution in [2.45, 2.75) is 37.5 Å². The summed E-state index contributed by atoms with van der Waals surface area (Å²) in [5.41, 5.74) is 5.06. The third-order valence-electron chi connectivity index (χ3n) is 11.4. The number of nitrogens with one attached hydrogen (secondary N) is 1. The summed E-state index contributed by atoms with van der Waals surface area (Å²) in [6.07, 6.45) is 3.11. The van der Waals surface area contributed by atoms with Crippen molar-refractivity contribution in [1.82, 2.24) is 5.01 Å². The largest absolute Gasteiger partial charge is 0.504 e. The van der Waals surface area contributed by atoms with Crippen LogP contribution in [-0.4, -0.2) is 40.9 Å². The number of nitrogens with zero attached hydrogens (tertiary/aromatic N) is 2. The summed E-state index contributed by atoms with van der Waals surface area (Å²) in [6.45, 7) is 2.03. The van der Waals surface area contributed by atoms with E-state index < -0.39 is 52.6 Å². The molecule has 0 bridgehead atoms. The molecule has 4 aromatic rings. The van der Waals surface area contributed by atoms with E-state index in [1.54, 1.807) is 48.5 Å². The number of phenolic OH excluding ortho intramolecular Hbond substituents is 1. The second-order valence-electron chi connectivity index (χ2n) is 13.8. The highest BCUT2D eigenvalue weighted by Gasteiger charge is 2.70. The van der Waals surface area contributed by atoms with Crippen molar-refractivity contribution in [1.29, 1.82) is 0 Å². The van der Waals surface area contributed by atoms with Crippen molar-refractivity contribution in [2.75, 3.05) is 17.4 Å². The molecule has 2 aliphatic carbocycles. The van der Waals surface area contributed by atoms with E-state index in [0.29, 0.717) is 27.5 Å². The maximum Gasteiger partial charge on any atom is 0.260 e. The third-order valence-corrected chi connectivity index (χ3v) is 11.6. The minimum absolute atomic E-state index is 0.0993. The van der Waals surface area contributed by atoms with Gasteiger partial charge in [0.1, 0.15) is 5.82 Å². The van der Waals surface area contributed by atoms with Gasteiger partial charge in [-0.05, 0) is 103 Å². The summed E-state index contributed by atoms with van der Waals surface area (Å²) in [6, 6.07) is 24.4. The van der Waals surface area contributed by atoms with Crippen molar-refractivity contribution >= 4 is 46.6 Å². The number of fused-ring (bicyclic) bond motifs is 4. The summed E-state index contributed by atoms with van der Waals surface area (Å²) in [7, 11) is 1.43. The Morgan fingerprint density at radius 3 is 2.27 bits per heavy atom. The van der Waals surface area contributed by atoms with Crippen LogP contribution in [0, 0.1) is 29.5 Å². The smallest absolute Gasteiger partial charge is 0.260 e. The van der Waals surface area contributed by atoms with Gasteiger partial charge in [0, 0.05) is 10.9 Å². The number of anilines is 2. The summed E-state index contributed by atoms with van der Waals surface area (Å²) in [5, 5.41) is 12.5. The van der Waals surface area contributed by atoms with Crippen LogP contribution >= 0.6 is 11.6 Å². The molecule has 11 heteroatoms. The van der Waals surface area contributed by atoms with Crippen LogP contribution in [0.2, 0.25) is 5.02 Å². The van der Waals surface area contributed by atoms with Crippen LogP contribution in [0.1, 0.15) is 42.4 Å². The van der Waals surface area contributed by atoms with Crippen LogP contribution in [0.4, 0.5) is 15.8 Å². The van der Waals surface area contributed by atoms with E-state index >= 15 is 4.79 Å². The van der Waals surface area contributed by atoms with E-state index in [1.807, 2.05) is 25.1 Å². The molecule has 4 amide bonds. The molecule has 264 valence electrons. The van der Waals surface area contributed by atoms with Gasteiger partial charge in [-0.15, -0.1) is 0 Å². The van der Waals surface area contributed by atoms with E-state index in [9.17, 15) is 23.9 Å². The Bertz CT molecular complexity index is 2150. The minimum Gasteiger partial charge on any atom is -0.504 e. The molecule has 3 fully saturated rings. The fourth-order valence-electron chi connectivity index (χ4n) is 9.05. The summed E-state index contributed by atoms with van der Waals surface area (Å²) in [4.78, 5) is 59.8. The Balaban J connectivity index is 1.31. The van der Waals surface area contributed by atoms with Gasteiger partial charge in [0.25, 0.3) is 11.8 Å². The molecular formula is C41H35ClFN3O6. The van der Waals surface area contributed by atoms with Gasteiger partial charge < -0.3 is 9.84 Å². The number of ether oxygens (including phenoxy) is 1. The average molecular weight is 720 g/mol. The molecule has 2 aliphatic heterocycles. The zero-order valence-corrected chi connectivity index (χ0v) is 29.1. The van der Waals surface area contributed by atoms with Crippen LogP contribution in [0.15, 0.2) is 103 Å². The first kappa shape index (κ1) is 33.7. The molecule has 0 aromatic heterocycles. The zero-order valence-electron chi connectivity index (χ0n) is 28.4. The Morgan fingerprint density at radius 2 is 1.62 bits per heavy atom. The molecule has 52 heavy (non-hydrogen) atoms. The molecule has 2 N–H and O–H groups in total. The Labute approximate surface area is 304 Å². The second kappa shape index (κ2) is 12.6. The number of benzene rings is 4. The number of carbonyl (C=O) groups excluding carboxylic acids is 4.